The zero-order valence-corrected chi connectivity index (χ0v) is 12.0. The maximum absolute atomic E-state index is 5.68. The van der Waals surface area contributed by atoms with Gasteiger partial charge < -0.3 is 10.5 Å². The van der Waals surface area contributed by atoms with Crippen molar-refractivity contribution in [2.45, 2.75) is 0 Å². The third-order valence-electron chi connectivity index (χ3n) is 3.12. The second-order valence-corrected chi connectivity index (χ2v) is 4.60. The van der Waals surface area contributed by atoms with Gasteiger partial charge in [0.15, 0.2) is 0 Å². The van der Waals surface area contributed by atoms with E-state index in [0.717, 1.165) is 17.0 Å². The van der Waals surface area contributed by atoms with Gasteiger partial charge in [-0.3, -0.25) is 15.0 Å². The molecule has 0 amide bonds. The van der Waals surface area contributed by atoms with Crippen molar-refractivity contribution in [2.75, 3.05) is 13.2 Å². The molecule has 0 saturated heterocycles. The van der Waals surface area contributed by atoms with E-state index in [9.17, 15) is 0 Å². The van der Waals surface area contributed by atoms with Crippen LogP contribution in [0, 0.1) is 0 Å². The summed E-state index contributed by atoms with van der Waals surface area (Å²) in [5.41, 5.74) is 8.72. The van der Waals surface area contributed by atoms with Crippen LogP contribution in [0.3, 0.4) is 0 Å². The van der Waals surface area contributed by atoms with Crippen LogP contribution in [0.2, 0.25) is 0 Å². The normalized spacial score (nSPS) is 10.4. The third kappa shape index (κ3) is 2.94. The number of nitrogens with two attached hydrogens (primary N) is 1. The van der Waals surface area contributed by atoms with Gasteiger partial charge in [0.25, 0.3) is 0 Å². The van der Waals surface area contributed by atoms with Crippen molar-refractivity contribution in [3.63, 3.8) is 0 Å². The predicted molar refractivity (Wildman–Crippen MR) is 85.2 cm³/mol. The maximum atomic E-state index is 5.68. The summed E-state index contributed by atoms with van der Waals surface area (Å²) in [6.45, 7) is 0.883. The molecule has 3 rings (SSSR count). The van der Waals surface area contributed by atoms with Crippen molar-refractivity contribution in [2.24, 2.45) is 5.73 Å². The average Bonchev–Trinajstić information content (AvgIpc) is 2.61. The Labute approximate surface area is 128 Å². The Kier molecular flexibility index (Phi) is 4.36. The summed E-state index contributed by atoms with van der Waals surface area (Å²) >= 11 is 0. The average molecular weight is 292 g/mol. The first-order valence-electron chi connectivity index (χ1n) is 7.05. The third-order valence-corrected chi connectivity index (χ3v) is 3.12. The summed E-state index contributed by atoms with van der Waals surface area (Å²) in [5.74, 6) is 0.670. The summed E-state index contributed by atoms with van der Waals surface area (Å²) in [6.07, 6.45) is 5.22. The standard InChI is InChI=1S/C17H16N4O/c18-8-12-22-15-7-4-11-21-17(15)16-13(5-3-10-20-16)14-6-1-2-9-19-14/h1-7,9-11H,8,12,18H2. The minimum Gasteiger partial charge on any atom is -0.490 e. The van der Waals surface area contributed by atoms with Gasteiger partial charge >= 0.3 is 0 Å². The SMILES string of the molecule is NCCOc1cccnc1-c1ncccc1-c1ccccn1. The Morgan fingerprint density at radius 3 is 2.36 bits per heavy atom. The van der Waals surface area contributed by atoms with Crippen LogP contribution in [-0.2, 0) is 0 Å². The van der Waals surface area contributed by atoms with Crippen molar-refractivity contribution in [1.82, 2.24) is 15.0 Å². The fraction of sp³-hybridized carbons (Fsp3) is 0.118. The second-order valence-electron chi connectivity index (χ2n) is 4.60. The van der Waals surface area contributed by atoms with Crippen LogP contribution in [0.5, 0.6) is 5.75 Å². The summed E-state index contributed by atoms with van der Waals surface area (Å²) < 4.78 is 5.68. The second kappa shape index (κ2) is 6.78. The van der Waals surface area contributed by atoms with Crippen LogP contribution in [-0.4, -0.2) is 28.1 Å². The van der Waals surface area contributed by atoms with Crippen molar-refractivity contribution >= 4 is 0 Å². The highest BCUT2D eigenvalue weighted by Crippen LogP contribution is 2.32. The first kappa shape index (κ1) is 14.2. The Morgan fingerprint density at radius 2 is 1.59 bits per heavy atom. The Morgan fingerprint density at radius 1 is 0.818 bits per heavy atom. The topological polar surface area (TPSA) is 73.9 Å². The number of pyridine rings is 3. The first-order chi connectivity index (χ1) is 10.9. The Balaban J connectivity index is 2.10. The predicted octanol–water partition coefficient (Wildman–Crippen LogP) is 2.54. The number of ether oxygens (including phenoxy) is 1. The van der Waals surface area contributed by atoms with Crippen LogP contribution in [0.4, 0.5) is 0 Å². The summed E-state index contributed by atoms with van der Waals surface area (Å²) in [4.78, 5) is 13.3. The number of hydrogen-bond donors (Lipinski definition) is 1. The van der Waals surface area contributed by atoms with Crippen LogP contribution in [0.15, 0.2) is 61.1 Å². The molecule has 0 unspecified atom stereocenters. The molecule has 0 aliphatic carbocycles. The summed E-state index contributed by atoms with van der Waals surface area (Å²) in [5, 5.41) is 0. The maximum Gasteiger partial charge on any atom is 0.147 e. The lowest BCUT2D eigenvalue weighted by atomic mass is 10.1. The van der Waals surface area contributed by atoms with Gasteiger partial charge in [0.1, 0.15) is 23.7 Å². The molecule has 0 aliphatic rings. The molecule has 22 heavy (non-hydrogen) atoms. The first-order valence-corrected chi connectivity index (χ1v) is 7.05. The van der Waals surface area contributed by atoms with Gasteiger partial charge in [0.05, 0.1) is 5.69 Å². The molecule has 3 aromatic rings. The van der Waals surface area contributed by atoms with Crippen LogP contribution < -0.4 is 10.5 Å². The van der Waals surface area contributed by atoms with E-state index in [1.807, 2.05) is 42.5 Å². The molecule has 0 aliphatic heterocycles. The van der Waals surface area contributed by atoms with Crippen molar-refractivity contribution in [1.29, 1.82) is 0 Å². The highest BCUT2D eigenvalue weighted by molar-refractivity contribution is 5.79. The van der Waals surface area contributed by atoms with Crippen LogP contribution in [0.25, 0.3) is 22.6 Å². The molecule has 0 atom stereocenters. The largest absolute Gasteiger partial charge is 0.490 e. The van der Waals surface area contributed by atoms with Gasteiger partial charge in [0.2, 0.25) is 0 Å². The molecule has 5 nitrogen and oxygen atoms in total. The Hall–Kier alpha value is -2.79. The molecule has 0 fully saturated rings. The van der Waals surface area contributed by atoms with E-state index in [4.69, 9.17) is 10.5 Å². The summed E-state index contributed by atoms with van der Waals surface area (Å²) in [6, 6.07) is 13.3. The lowest BCUT2D eigenvalue weighted by Gasteiger charge is -2.12. The molecule has 0 radical (unpaired) electrons. The molecule has 110 valence electrons. The molecule has 5 heteroatoms. The van der Waals surface area contributed by atoms with Gasteiger partial charge in [-0.1, -0.05) is 6.07 Å². The fourth-order valence-corrected chi connectivity index (χ4v) is 2.18. The van der Waals surface area contributed by atoms with Crippen LogP contribution >= 0.6 is 0 Å². The van der Waals surface area contributed by atoms with E-state index < -0.39 is 0 Å². The lowest BCUT2D eigenvalue weighted by Crippen LogP contribution is -2.11. The number of hydrogen-bond acceptors (Lipinski definition) is 5. The van der Waals surface area contributed by atoms with E-state index in [-0.39, 0.29) is 0 Å². The Bertz CT molecular complexity index is 746. The van der Waals surface area contributed by atoms with Gasteiger partial charge in [-0.05, 0) is 36.4 Å². The van der Waals surface area contributed by atoms with E-state index in [1.54, 1.807) is 18.6 Å². The van der Waals surface area contributed by atoms with Gasteiger partial charge in [-0.25, -0.2) is 0 Å². The number of aromatic nitrogens is 3. The molecule has 0 saturated carbocycles. The summed E-state index contributed by atoms with van der Waals surface area (Å²) in [7, 11) is 0. The molecule has 3 heterocycles. The van der Waals surface area contributed by atoms with E-state index in [0.29, 0.717) is 24.6 Å². The van der Waals surface area contributed by atoms with Crippen molar-refractivity contribution in [3.05, 3.63) is 61.1 Å². The van der Waals surface area contributed by atoms with Gasteiger partial charge in [-0.2, -0.15) is 0 Å². The quantitative estimate of drug-likeness (QED) is 0.782. The zero-order valence-electron chi connectivity index (χ0n) is 12.0. The van der Waals surface area contributed by atoms with E-state index in [2.05, 4.69) is 15.0 Å². The van der Waals surface area contributed by atoms with E-state index >= 15 is 0 Å². The lowest BCUT2D eigenvalue weighted by molar-refractivity contribution is 0.328. The molecule has 0 bridgehead atoms. The van der Waals surface area contributed by atoms with Crippen molar-refractivity contribution in [3.8, 4) is 28.4 Å². The minimum absolute atomic E-state index is 0.435. The monoisotopic (exact) mass is 292 g/mol. The molecule has 3 aromatic heterocycles. The minimum atomic E-state index is 0.435. The van der Waals surface area contributed by atoms with Crippen LogP contribution in [0.1, 0.15) is 0 Å². The zero-order chi connectivity index (χ0) is 15.2. The number of rotatable bonds is 5. The molecule has 2 N–H and O–H groups in total. The highest BCUT2D eigenvalue weighted by atomic mass is 16.5. The molecule has 0 aromatic carbocycles. The van der Waals surface area contributed by atoms with E-state index in [1.165, 1.54) is 0 Å². The van der Waals surface area contributed by atoms with Gasteiger partial charge in [0, 0.05) is 30.7 Å². The molecule has 0 spiro atoms. The van der Waals surface area contributed by atoms with Gasteiger partial charge in [-0.15, -0.1) is 0 Å². The highest BCUT2D eigenvalue weighted by Gasteiger charge is 2.14. The smallest absolute Gasteiger partial charge is 0.147 e. The van der Waals surface area contributed by atoms with Crippen molar-refractivity contribution < 1.29 is 4.74 Å². The molecular formula is C17H16N4O. The fourth-order valence-electron chi connectivity index (χ4n) is 2.18. The molecular weight excluding hydrogens is 276 g/mol. The number of nitrogens with zero attached hydrogens (tertiary/aromatic N) is 3.